The monoisotopic (exact) mass is 508 g/mol. The van der Waals surface area contributed by atoms with Crippen LogP contribution >= 0.6 is 0 Å². The molecule has 36 heavy (non-hydrogen) atoms. The van der Waals surface area contributed by atoms with E-state index in [0.717, 1.165) is 37.9 Å². The van der Waals surface area contributed by atoms with E-state index in [1.54, 1.807) is 13.0 Å². The molecule has 3 fully saturated rings. The molecule has 3 N–H and O–H groups in total. The van der Waals surface area contributed by atoms with Crippen molar-refractivity contribution in [2.24, 2.45) is 11.8 Å². The molecule has 0 bridgehead atoms. The number of nitrogens with zero attached hydrogens (tertiary/aromatic N) is 2. The van der Waals surface area contributed by atoms with Gasteiger partial charge in [-0.15, -0.1) is 0 Å². The highest BCUT2D eigenvalue weighted by atomic mass is 16.6. The Bertz CT molecular complexity index is 925. The lowest BCUT2D eigenvalue weighted by Crippen LogP contribution is -2.50. The van der Waals surface area contributed by atoms with Crippen LogP contribution in [0.5, 0.6) is 0 Å². The van der Waals surface area contributed by atoms with Crippen molar-refractivity contribution in [1.82, 2.24) is 4.98 Å². The van der Waals surface area contributed by atoms with Crippen molar-refractivity contribution in [1.29, 1.82) is 0 Å². The quantitative estimate of drug-likeness (QED) is 0.336. The highest BCUT2D eigenvalue weighted by Crippen LogP contribution is 2.38. The van der Waals surface area contributed by atoms with Crippen LogP contribution in [-0.2, 0) is 14.2 Å². The number of aromatic nitrogens is 1. The first-order valence-electron chi connectivity index (χ1n) is 13.0. The van der Waals surface area contributed by atoms with Gasteiger partial charge in [0.05, 0.1) is 44.2 Å². The molecule has 4 heterocycles. The van der Waals surface area contributed by atoms with Crippen molar-refractivity contribution in [3.05, 3.63) is 17.2 Å². The second-order valence-corrected chi connectivity index (χ2v) is 10.5. The maximum Gasteiger partial charge on any atom is 0.362 e. The molecule has 1 aromatic rings. The van der Waals surface area contributed by atoms with E-state index in [1.165, 1.54) is 7.11 Å². The van der Waals surface area contributed by atoms with Gasteiger partial charge in [0.15, 0.2) is 0 Å². The molecular weight excluding hydrogens is 468 g/mol. The number of piperidine rings is 1. The van der Waals surface area contributed by atoms with Gasteiger partial charge in [0.1, 0.15) is 6.10 Å². The number of hydrogen-bond donors (Lipinski definition) is 3. The predicted molar refractivity (Wildman–Crippen MR) is 132 cm³/mol. The molecule has 0 spiro atoms. The third kappa shape index (κ3) is 6.11. The molecule has 8 atom stereocenters. The van der Waals surface area contributed by atoms with Gasteiger partial charge in [-0.2, -0.15) is 0 Å². The number of rotatable bonds is 9. The minimum Gasteiger partial charge on any atom is -0.464 e. The maximum atomic E-state index is 12.3. The lowest BCUT2D eigenvalue weighted by atomic mass is 9.85. The van der Waals surface area contributed by atoms with Crippen LogP contribution < -0.4 is 4.90 Å². The van der Waals surface area contributed by atoms with Crippen LogP contribution in [0.3, 0.4) is 0 Å². The van der Waals surface area contributed by atoms with E-state index in [0.29, 0.717) is 31.2 Å². The van der Waals surface area contributed by atoms with Crippen molar-refractivity contribution in [2.75, 3.05) is 31.7 Å². The van der Waals surface area contributed by atoms with Crippen LogP contribution in [0.1, 0.15) is 69.3 Å². The van der Waals surface area contributed by atoms with Crippen LogP contribution in [0.25, 0.3) is 6.08 Å². The average molecular weight is 509 g/mol. The molecule has 0 aromatic carbocycles. The third-order valence-electron chi connectivity index (χ3n) is 7.72. The molecule has 0 saturated carbocycles. The summed E-state index contributed by atoms with van der Waals surface area (Å²) in [6, 6.07) is 0. The second-order valence-electron chi connectivity index (χ2n) is 10.5. The Morgan fingerprint density at radius 3 is 2.58 bits per heavy atom. The number of aliphatic hydroxyl groups excluding tert-OH is 3. The Morgan fingerprint density at radius 1 is 1.19 bits per heavy atom. The zero-order valence-electron chi connectivity index (χ0n) is 21.6. The summed E-state index contributed by atoms with van der Waals surface area (Å²) in [5.74, 6) is -0.0353. The van der Waals surface area contributed by atoms with Crippen LogP contribution in [0.4, 0.5) is 5.88 Å². The van der Waals surface area contributed by atoms with E-state index in [1.807, 2.05) is 18.7 Å². The lowest BCUT2D eigenvalue weighted by molar-refractivity contribution is -0.165. The normalized spacial score (nSPS) is 32.8. The van der Waals surface area contributed by atoms with Crippen molar-refractivity contribution in [2.45, 2.75) is 89.5 Å². The summed E-state index contributed by atoms with van der Waals surface area (Å²) in [5.41, 5.74) is 1.00. The van der Waals surface area contributed by atoms with Crippen LogP contribution in [0.15, 0.2) is 9.99 Å². The second kappa shape index (κ2) is 11.6. The van der Waals surface area contributed by atoms with Crippen LogP contribution in [0.2, 0.25) is 0 Å². The fraction of sp³-hybridized carbons (Fsp3) is 0.769. The summed E-state index contributed by atoms with van der Waals surface area (Å²) >= 11 is 0. The molecule has 3 saturated heterocycles. The molecule has 4 rings (SSSR count). The summed E-state index contributed by atoms with van der Waals surface area (Å²) < 4.78 is 22.5. The maximum absolute atomic E-state index is 12.3. The van der Waals surface area contributed by atoms with Gasteiger partial charge in [-0.25, -0.2) is 9.78 Å². The summed E-state index contributed by atoms with van der Waals surface area (Å²) in [7, 11) is 1.32. The van der Waals surface area contributed by atoms with Gasteiger partial charge in [-0.1, -0.05) is 12.5 Å². The molecule has 10 heteroatoms. The molecule has 202 valence electrons. The molecule has 3 aliphatic heterocycles. The minimum atomic E-state index is -1.04. The zero-order valence-corrected chi connectivity index (χ0v) is 21.6. The van der Waals surface area contributed by atoms with E-state index in [4.69, 9.17) is 18.6 Å². The lowest BCUT2D eigenvalue weighted by Gasteiger charge is -2.38. The fourth-order valence-corrected chi connectivity index (χ4v) is 5.23. The first-order chi connectivity index (χ1) is 17.2. The Kier molecular flexibility index (Phi) is 8.72. The van der Waals surface area contributed by atoms with Gasteiger partial charge < -0.3 is 38.8 Å². The number of oxazole rings is 1. The van der Waals surface area contributed by atoms with Crippen molar-refractivity contribution in [3.63, 3.8) is 0 Å². The summed E-state index contributed by atoms with van der Waals surface area (Å²) in [6.07, 6.45) is 2.82. The summed E-state index contributed by atoms with van der Waals surface area (Å²) in [5, 5.41) is 31.3. The van der Waals surface area contributed by atoms with Crippen molar-refractivity contribution < 1.29 is 38.7 Å². The molecule has 0 radical (unpaired) electrons. The number of aliphatic hydroxyl groups is 3. The van der Waals surface area contributed by atoms with Gasteiger partial charge in [0.25, 0.3) is 0 Å². The first kappa shape index (κ1) is 27.1. The van der Waals surface area contributed by atoms with Crippen LogP contribution in [-0.4, -0.2) is 89.7 Å². The average Bonchev–Trinajstić information content (AvgIpc) is 3.51. The highest BCUT2D eigenvalue weighted by molar-refractivity contribution is 5.92. The van der Waals surface area contributed by atoms with Gasteiger partial charge in [0.2, 0.25) is 17.5 Å². The number of hydrogen-bond acceptors (Lipinski definition) is 10. The zero-order chi connectivity index (χ0) is 26.0. The Morgan fingerprint density at radius 2 is 1.92 bits per heavy atom. The molecule has 0 aliphatic carbocycles. The van der Waals surface area contributed by atoms with Gasteiger partial charge in [-0.05, 0) is 52.0 Å². The molecule has 0 unspecified atom stereocenters. The molecule has 1 aromatic heterocycles. The molecule has 10 nitrogen and oxygen atoms in total. The van der Waals surface area contributed by atoms with E-state index in [-0.39, 0.29) is 29.7 Å². The Labute approximate surface area is 212 Å². The summed E-state index contributed by atoms with van der Waals surface area (Å²) in [4.78, 5) is 18.7. The number of epoxide rings is 1. The smallest absolute Gasteiger partial charge is 0.362 e. The van der Waals surface area contributed by atoms with Gasteiger partial charge in [-0.3, -0.25) is 0 Å². The number of ether oxygens (including phenoxy) is 3. The van der Waals surface area contributed by atoms with Crippen molar-refractivity contribution in [3.8, 4) is 0 Å². The minimum absolute atomic E-state index is 0.0208. The third-order valence-corrected chi connectivity index (χ3v) is 7.72. The number of carbonyl (C=O) groups is 1. The first-order valence-corrected chi connectivity index (χ1v) is 13.0. The summed E-state index contributed by atoms with van der Waals surface area (Å²) in [6.45, 7) is 7.48. The van der Waals surface area contributed by atoms with E-state index < -0.39 is 30.4 Å². The fourth-order valence-electron chi connectivity index (χ4n) is 5.23. The van der Waals surface area contributed by atoms with E-state index in [2.05, 4.69) is 4.98 Å². The van der Waals surface area contributed by atoms with Gasteiger partial charge in [0, 0.05) is 24.9 Å². The molecule has 0 amide bonds. The highest BCUT2D eigenvalue weighted by Gasteiger charge is 2.48. The Balaban J connectivity index is 1.36. The topological polar surface area (TPSA) is 138 Å². The molecular formula is C26H40N2O8. The van der Waals surface area contributed by atoms with E-state index >= 15 is 0 Å². The number of anilines is 1. The largest absolute Gasteiger partial charge is 0.464 e. The number of esters is 1. The molecule has 3 aliphatic rings. The predicted octanol–water partition coefficient (Wildman–Crippen LogP) is 2.16. The number of methoxy groups -OCH3 is 1. The van der Waals surface area contributed by atoms with Gasteiger partial charge >= 0.3 is 5.97 Å². The SMILES string of the molecule is COC(=O)c1nc(/C=C(\C)C[C@@H]2OC[C@H](C[C@@H]3O[C@H]3[C@@H](C)[C@H](C)O)[C@@H](O)[C@@H]2O)oc1N1CCCCC1. The standard InChI is InChI=1S/C26H40N2O8/c1-14(11-20-27-21(26(32)33-4)25(36-20)28-8-6-5-7-9-28)10-18-23(31)22(30)17(13-34-18)12-19-24(35-19)15(2)16(3)29/h11,15-19,22-24,29-31H,5-10,12-13H2,1-4H3/b14-11+/t15-,16-,17-,18-,19-,22+,23+,24-/m0/s1. The Hall–Kier alpha value is -1.98. The van der Waals surface area contributed by atoms with Crippen molar-refractivity contribution >= 4 is 17.9 Å². The van der Waals surface area contributed by atoms with Crippen LogP contribution in [0, 0.1) is 11.8 Å². The number of carbonyl (C=O) groups excluding carboxylic acids is 1. The van der Waals surface area contributed by atoms with E-state index in [9.17, 15) is 20.1 Å².